The number of hydrogen-bond donors (Lipinski definition) is 1. The Labute approximate surface area is 107 Å². The zero-order valence-electron chi connectivity index (χ0n) is 10.1. The summed E-state index contributed by atoms with van der Waals surface area (Å²) in [6, 6.07) is 8.79. The van der Waals surface area contributed by atoms with Gasteiger partial charge in [0.05, 0.1) is 0 Å². The summed E-state index contributed by atoms with van der Waals surface area (Å²) in [5.74, 6) is 0.940. The van der Waals surface area contributed by atoms with Crippen molar-refractivity contribution in [2.24, 2.45) is 5.92 Å². The van der Waals surface area contributed by atoms with Crippen LogP contribution >= 0.6 is 11.3 Å². The molecule has 1 fully saturated rings. The van der Waals surface area contributed by atoms with Crippen LogP contribution in [0.2, 0.25) is 0 Å². The zero-order valence-corrected chi connectivity index (χ0v) is 10.9. The molecule has 0 amide bonds. The minimum absolute atomic E-state index is 0.940. The summed E-state index contributed by atoms with van der Waals surface area (Å²) in [6.45, 7) is 2.43. The molecule has 1 N–H and O–H groups in total. The van der Waals surface area contributed by atoms with Crippen molar-refractivity contribution in [1.29, 1.82) is 0 Å². The van der Waals surface area contributed by atoms with E-state index in [1.165, 1.54) is 48.9 Å². The second-order valence-corrected chi connectivity index (χ2v) is 5.90. The number of thiophene rings is 1. The highest BCUT2D eigenvalue weighted by atomic mass is 32.1. The molecule has 1 aromatic heterocycles. The maximum atomic E-state index is 3.44. The quantitative estimate of drug-likeness (QED) is 0.866. The van der Waals surface area contributed by atoms with Crippen LogP contribution in [-0.4, -0.2) is 13.1 Å². The fourth-order valence-electron chi connectivity index (χ4n) is 2.76. The fraction of sp³-hybridized carbons (Fsp3) is 0.467. The molecule has 0 aliphatic carbocycles. The lowest BCUT2D eigenvalue weighted by Crippen LogP contribution is -2.27. The Morgan fingerprint density at radius 3 is 2.88 bits per heavy atom. The molecule has 1 nitrogen and oxygen atoms in total. The first-order valence-electron chi connectivity index (χ1n) is 6.59. The SMILES string of the molecule is c1ccc2c(CCC3CCNCC3)csc2c1. The molecule has 3 rings (SSSR count). The van der Waals surface area contributed by atoms with Gasteiger partial charge in [0.1, 0.15) is 0 Å². The Morgan fingerprint density at radius 1 is 1.18 bits per heavy atom. The number of hydrogen-bond acceptors (Lipinski definition) is 2. The van der Waals surface area contributed by atoms with Gasteiger partial charge in [-0.3, -0.25) is 0 Å². The first-order valence-corrected chi connectivity index (χ1v) is 7.47. The number of benzene rings is 1. The van der Waals surface area contributed by atoms with Crippen molar-refractivity contribution >= 4 is 21.4 Å². The lowest BCUT2D eigenvalue weighted by atomic mass is 9.91. The standard InChI is InChI=1S/C15H19NS/c1-2-4-15-14(3-1)13(11-17-15)6-5-12-7-9-16-10-8-12/h1-4,11-12,16H,5-10H2. The second kappa shape index (κ2) is 5.19. The van der Waals surface area contributed by atoms with E-state index in [0.29, 0.717) is 0 Å². The van der Waals surface area contributed by atoms with Crippen LogP contribution in [0.3, 0.4) is 0 Å². The largest absolute Gasteiger partial charge is 0.317 e. The molecule has 0 bridgehead atoms. The van der Waals surface area contributed by atoms with Gasteiger partial charge in [-0.05, 0) is 67.1 Å². The molecule has 0 saturated carbocycles. The first kappa shape index (κ1) is 11.2. The van der Waals surface area contributed by atoms with Crippen molar-refractivity contribution in [3.8, 4) is 0 Å². The molecule has 2 aromatic rings. The molecule has 1 aliphatic heterocycles. The molecule has 1 aliphatic rings. The predicted octanol–water partition coefficient (Wildman–Crippen LogP) is 3.83. The molecular formula is C15H19NS. The van der Waals surface area contributed by atoms with Crippen LogP contribution in [0.4, 0.5) is 0 Å². The molecule has 17 heavy (non-hydrogen) atoms. The smallest absolute Gasteiger partial charge is 0.0345 e. The van der Waals surface area contributed by atoms with E-state index in [2.05, 4.69) is 35.0 Å². The number of fused-ring (bicyclic) bond motifs is 1. The van der Waals surface area contributed by atoms with Crippen molar-refractivity contribution in [3.05, 3.63) is 35.2 Å². The summed E-state index contributed by atoms with van der Waals surface area (Å²) in [5.41, 5.74) is 1.56. The van der Waals surface area contributed by atoms with Gasteiger partial charge < -0.3 is 5.32 Å². The van der Waals surface area contributed by atoms with Gasteiger partial charge in [0.15, 0.2) is 0 Å². The first-order chi connectivity index (χ1) is 8.43. The Morgan fingerprint density at radius 2 is 2.00 bits per heavy atom. The molecule has 1 saturated heterocycles. The summed E-state index contributed by atoms with van der Waals surface area (Å²) in [6.07, 6.45) is 5.35. The van der Waals surface area contributed by atoms with Gasteiger partial charge in [0.25, 0.3) is 0 Å². The van der Waals surface area contributed by atoms with E-state index >= 15 is 0 Å². The van der Waals surface area contributed by atoms with Gasteiger partial charge in [-0.25, -0.2) is 0 Å². The van der Waals surface area contributed by atoms with Crippen LogP contribution < -0.4 is 5.32 Å². The minimum Gasteiger partial charge on any atom is -0.317 e. The van der Waals surface area contributed by atoms with Crippen molar-refractivity contribution in [2.45, 2.75) is 25.7 Å². The molecule has 0 radical (unpaired) electrons. The number of rotatable bonds is 3. The molecule has 2 heteroatoms. The van der Waals surface area contributed by atoms with E-state index in [-0.39, 0.29) is 0 Å². The third-order valence-electron chi connectivity index (χ3n) is 3.84. The van der Waals surface area contributed by atoms with Crippen LogP contribution in [0.25, 0.3) is 10.1 Å². The molecule has 0 atom stereocenters. The molecule has 0 spiro atoms. The van der Waals surface area contributed by atoms with Gasteiger partial charge in [-0.15, -0.1) is 11.3 Å². The highest BCUT2D eigenvalue weighted by Crippen LogP contribution is 2.28. The van der Waals surface area contributed by atoms with Gasteiger partial charge in [-0.2, -0.15) is 0 Å². The van der Waals surface area contributed by atoms with Crippen LogP contribution in [0.1, 0.15) is 24.8 Å². The van der Waals surface area contributed by atoms with E-state index in [1.807, 2.05) is 11.3 Å². The topological polar surface area (TPSA) is 12.0 Å². The van der Waals surface area contributed by atoms with Gasteiger partial charge in [0.2, 0.25) is 0 Å². The summed E-state index contributed by atoms with van der Waals surface area (Å²) in [7, 11) is 0. The van der Waals surface area contributed by atoms with Crippen LogP contribution in [0, 0.1) is 5.92 Å². The average molecular weight is 245 g/mol. The third-order valence-corrected chi connectivity index (χ3v) is 4.85. The van der Waals surface area contributed by atoms with E-state index in [1.54, 1.807) is 5.56 Å². The van der Waals surface area contributed by atoms with E-state index in [9.17, 15) is 0 Å². The maximum Gasteiger partial charge on any atom is 0.0345 e. The fourth-order valence-corrected chi connectivity index (χ4v) is 3.75. The average Bonchev–Trinajstić information content (AvgIpc) is 2.81. The molecule has 2 heterocycles. The molecule has 0 unspecified atom stereocenters. The van der Waals surface area contributed by atoms with E-state index < -0.39 is 0 Å². The maximum absolute atomic E-state index is 3.44. The van der Waals surface area contributed by atoms with E-state index in [4.69, 9.17) is 0 Å². The summed E-state index contributed by atoms with van der Waals surface area (Å²) in [5, 5.41) is 7.27. The Balaban J connectivity index is 1.68. The minimum atomic E-state index is 0.940. The Bertz CT molecular complexity index is 482. The Kier molecular flexibility index (Phi) is 3.44. The van der Waals surface area contributed by atoms with Crippen molar-refractivity contribution < 1.29 is 0 Å². The normalized spacial score (nSPS) is 17.6. The summed E-state index contributed by atoms with van der Waals surface area (Å²) < 4.78 is 1.44. The predicted molar refractivity (Wildman–Crippen MR) is 75.7 cm³/mol. The van der Waals surface area contributed by atoms with Gasteiger partial charge >= 0.3 is 0 Å². The highest BCUT2D eigenvalue weighted by molar-refractivity contribution is 7.17. The van der Waals surface area contributed by atoms with Gasteiger partial charge in [0, 0.05) is 4.70 Å². The number of aryl methyl sites for hydroxylation is 1. The highest BCUT2D eigenvalue weighted by Gasteiger charge is 2.13. The van der Waals surface area contributed by atoms with Crippen molar-refractivity contribution in [3.63, 3.8) is 0 Å². The molecule has 90 valence electrons. The zero-order chi connectivity index (χ0) is 11.5. The van der Waals surface area contributed by atoms with Crippen LogP contribution in [0.15, 0.2) is 29.6 Å². The lowest BCUT2D eigenvalue weighted by Gasteiger charge is -2.22. The van der Waals surface area contributed by atoms with Crippen molar-refractivity contribution in [1.82, 2.24) is 5.32 Å². The Hall–Kier alpha value is -0.860. The third kappa shape index (κ3) is 2.53. The molecular weight excluding hydrogens is 226 g/mol. The lowest BCUT2D eigenvalue weighted by molar-refractivity contribution is 0.355. The monoisotopic (exact) mass is 245 g/mol. The summed E-state index contributed by atoms with van der Waals surface area (Å²) in [4.78, 5) is 0. The number of piperidine rings is 1. The number of nitrogens with one attached hydrogen (secondary N) is 1. The van der Waals surface area contributed by atoms with Crippen molar-refractivity contribution in [2.75, 3.05) is 13.1 Å². The van der Waals surface area contributed by atoms with Crippen LogP contribution in [-0.2, 0) is 6.42 Å². The van der Waals surface area contributed by atoms with Crippen LogP contribution in [0.5, 0.6) is 0 Å². The second-order valence-electron chi connectivity index (χ2n) is 4.99. The molecule has 1 aromatic carbocycles. The van der Waals surface area contributed by atoms with Gasteiger partial charge in [-0.1, -0.05) is 18.2 Å². The van der Waals surface area contributed by atoms with E-state index in [0.717, 1.165) is 5.92 Å². The summed E-state index contributed by atoms with van der Waals surface area (Å²) >= 11 is 1.89.